The highest BCUT2D eigenvalue weighted by molar-refractivity contribution is 7.80. The minimum atomic E-state index is -0.272. The van der Waals surface area contributed by atoms with Gasteiger partial charge in [-0.25, -0.2) is 4.39 Å². The van der Waals surface area contributed by atoms with Gasteiger partial charge in [-0.1, -0.05) is 19.1 Å². The molecule has 0 aromatic heterocycles. The van der Waals surface area contributed by atoms with Crippen molar-refractivity contribution in [3.8, 4) is 5.75 Å². The molecule has 1 aromatic carbocycles. The molecule has 0 radical (unpaired) electrons. The molecule has 1 nitrogen and oxygen atoms in total. The molecule has 1 unspecified atom stereocenters. The number of benzene rings is 1. The second kappa shape index (κ2) is 4.51. The van der Waals surface area contributed by atoms with Gasteiger partial charge in [0.2, 0.25) is 0 Å². The summed E-state index contributed by atoms with van der Waals surface area (Å²) < 4.78 is 18.3. The lowest BCUT2D eigenvalue weighted by Crippen LogP contribution is -2.01. The van der Waals surface area contributed by atoms with Gasteiger partial charge in [0, 0.05) is 5.25 Å². The zero-order chi connectivity index (χ0) is 9.84. The molecule has 13 heavy (non-hydrogen) atoms. The Bertz CT molecular complexity index is 286. The SMILES string of the molecule is COc1cccc(CC(C)S)c1F. The first-order valence-electron chi connectivity index (χ1n) is 4.14. The van der Waals surface area contributed by atoms with Gasteiger partial charge < -0.3 is 4.74 Å². The van der Waals surface area contributed by atoms with Gasteiger partial charge in [-0.05, 0) is 18.1 Å². The van der Waals surface area contributed by atoms with Crippen LogP contribution in [0.5, 0.6) is 5.75 Å². The first-order valence-corrected chi connectivity index (χ1v) is 4.66. The second-order valence-corrected chi connectivity index (χ2v) is 3.87. The molecule has 0 fully saturated rings. The van der Waals surface area contributed by atoms with E-state index in [0.717, 1.165) is 0 Å². The Morgan fingerprint density at radius 3 is 2.77 bits per heavy atom. The molecular formula is C10H13FOS. The number of thiol groups is 1. The van der Waals surface area contributed by atoms with Crippen molar-refractivity contribution < 1.29 is 9.13 Å². The monoisotopic (exact) mass is 200 g/mol. The lowest BCUT2D eigenvalue weighted by atomic mass is 10.1. The summed E-state index contributed by atoms with van der Waals surface area (Å²) in [4.78, 5) is 0. The highest BCUT2D eigenvalue weighted by Crippen LogP contribution is 2.21. The minimum absolute atomic E-state index is 0.154. The van der Waals surface area contributed by atoms with E-state index in [9.17, 15) is 4.39 Å². The predicted octanol–water partition coefficient (Wildman–Crippen LogP) is 2.70. The largest absolute Gasteiger partial charge is 0.494 e. The number of hydrogen-bond acceptors (Lipinski definition) is 2. The Morgan fingerprint density at radius 1 is 1.54 bits per heavy atom. The van der Waals surface area contributed by atoms with Crippen molar-refractivity contribution >= 4 is 12.6 Å². The molecule has 0 heterocycles. The summed E-state index contributed by atoms with van der Waals surface area (Å²) in [5.74, 6) is 0.0254. The molecule has 1 aromatic rings. The molecule has 0 aliphatic rings. The van der Waals surface area contributed by atoms with Crippen molar-refractivity contribution in [1.29, 1.82) is 0 Å². The first-order chi connectivity index (χ1) is 6.15. The lowest BCUT2D eigenvalue weighted by Gasteiger charge is -2.08. The van der Waals surface area contributed by atoms with Crippen molar-refractivity contribution in [3.63, 3.8) is 0 Å². The van der Waals surface area contributed by atoms with Gasteiger partial charge in [0.1, 0.15) is 0 Å². The van der Waals surface area contributed by atoms with E-state index in [1.54, 1.807) is 18.2 Å². The van der Waals surface area contributed by atoms with Crippen LogP contribution in [0.1, 0.15) is 12.5 Å². The van der Waals surface area contributed by atoms with Crippen molar-refractivity contribution in [3.05, 3.63) is 29.6 Å². The van der Waals surface area contributed by atoms with E-state index in [1.165, 1.54) is 7.11 Å². The molecule has 0 bridgehead atoms. The molecule has 1 rings (SSSR count). The van der Waals surface area contributed by atoms with Crippen LogP contribution in [0.4, 0.5) is 4.39 Å². The summed E-state index contributed by atoms with van der Waals surface area (Å²) in [5, 5.41) is 0.154. The molecule has 0 N–H and O–H groups in total. The molecule has 0 aliphatic heterocycles. The molecule has 72 valence electrons. The number of hydrogen-bond donors (Lipinski definition) is 1. The second-order valence-electron chi connectivity index (χ2n) is 2.99. The first kappa shape index (κ1) is 10.4. The molecule has 0 saturated carbocycles. The van der Waals surface area contributed by atoms with Gasteiger partial charge in [0.25, 0.3) is 0 Å². The maximum atomic E-state index is 13.5. The summed E-state index contributed by atoms with van der Waals surface area (Å²) in [7, 11) is 1.46. The van der Waals surface area contributed by atoms with Crippen LogP contribution in [0.3, 0.4) is 0 Å². The van der Waals surface area contributed by atoms with Crippen molar-refractivity contribution in [2.75, 3.05) is 7.11 Å². The van der Waals surface area contributed by atoms with E-state index in [1.807, 2.05) is 6.92 Å². The van der Waals surface area contributed by atoms with Crippen LogP contribution in [0.25, 0.3) is 0 Å². The van der Waals surface area contributed by atoms with E-state index in [-0.39, 0.29) is 11.1 Å². The third-order valence-electron chi connectivity index (χ3n) is 1.78. The van der Waals surface area contributed by atoms with Crippen LogP contribution in [-0.4, -0.2) is 12.4 Å². The molecular weight excluding hydrogens is 187 g/mol. The van der Waals surface area contributed by atoms with Crippen LogP contribution < -0.4 is 4.74 Å². The fourth-order valence-electron chi connectivity index (χ4n) is 1.19. The predicted molar refractivity (Wildman–Crippen MR) is 55.1 cm³/mol. The lowest BCUT2D eigenvalue weighted by molar-refractivity contribution is 0.384. The van der Waals surface area contributed by atoms with Gasteiger partial charge in [0.05, 0.1) is 7.11 Å². The van der Waals surface area contributed by atoms with Gasteiger partial charge in [-0.2, -0.15) is 12.6 Å². The van der Waals surface area contributed by atoms with Gasteiger partial charge in [0.15, 0.2) is 11.6 Å². The minimum Gasteiger partial charge on any atom is -0.494 e. The number of methoxy groups -OCH3 is 1. The zero-order valence-corrected chi connectivity index (χ0v) is 8.64. The Balaban J connectivity index is 2.94. The third kappa shape index (κ3) is 2.62. The topological polar surface area (TPSA) is 9.23 Å². The molecule has 3 heteroatoms. The zero-order valence-electron chi connectivity index (χ0n) is 7.75. The molecule has 0 spiro atoms. The quantitative estimate of drug-likeness (QED) is 0.738. The summed E-state index contributed by atoms with van der Waals surface area (Å²) in [6, 6.07) is 5.15. The third-order valence-corrected chi connectivity index (χ3v) is 1.96. The van der Waals surface area contributed by atoms with Crippen molar-refractivity contribution in [2.24, 2.45) is 0 Å². The average molecular weight is 200 g/mol. The maximum absolute atomic E-state index is 13.5. The number of rotatable bonds is 3. The number of halogens is 1. The standard InChI is InChI=1S/C10H13FOS/c1-7(13)6-8-4-3-5-9(12-2)10(8)11/h3-5,7,13H,6H2,1-2H3. The Morgan fingerprint density at radius 2 is 2.23 bits per heavy atom. The van der Waals surface area contributed by atoms with Gasteiger partial charge in [-0.3, -0.25) is 0 Å². The maximum Gasteiger partial charge on any atom is 0.168 e. The van der Waals surface area contributed by atoms with Crippen LogP contribution in [-0.2, 0) is 6.42 Å². The van der Waals surface area contributed by atoms with E-state index in [4.69, 9.17) is 4.74 Å². The van der Waals surface area contributed by atoms with E-state index >= 15 is 0 Å². The van der Waals surface area contributed by atoms with Crippen molar-refractivity contribution in [2.45, 2.75) is 18.6 Å². The average Bonchev–Trinajstić information content (AvgIpc) is 2.08. The fourth-order valence-corrected chi connectivity index (χ4v) is 1.39. The smallest absolute Gasteiger partial charge is 0.168 e. The van der Waals surface area contributed by atoms with Gasteiger partial charge >= 0.3 is 0 Å². The van der Waals surface area contributed by atoms with Crippen LogP contribution in [0.15, 0.2) is 18.2 Å². The summed E-state index contributed by atoms with van der Waals surface area (Å²) >= 11 is 4.21. The summed E-state index contributed by atoms with van der Waals surface area (Å²) in [5.41, 5.74) is 0.654. The van der Waals surface area contributed by atoms with E-state index in [2.05, 4.69) is 12.6 Å². The molecule has 0 saturated heterocycles. The normalized spacial score (nSPS) is 12.6. The molecule has 0 aliphatic carbocycles. The van der Waals surface area contributed by atoms with Crippen LogP contribution in [0, 0.1) is 5.82 Å². The summed E-state index contributed by atoms with van der Waals surface area (Å²) in [6.45, 7) is 1.93. The van der Waals surface area contributed by atoms with Crippen LogP contribution >= 0.6 is 12.6 Å². The highest BCUT2D eigenvalue weighted by Gasteiger charge is 2.09. The summed E-state index contributed by atoms with van der Waals surface area (Å²) in [6.07, 6.45) is 0.617. The van der Waals surface area contributed by atoms with E-state index in [0.29, 0.717) is 17.7 Å². The molecule has 1 atom stereocenters. The van der Waals surface area contributed by atoms with Gasteiger partial charge in [-0.15, -0.1) is 0 Å². The Kier molecular flexibility index (Phi) is 3.60. The fraction of sp³-hybridized carbons (Fsp3) is 0.400. The Labute approximate surface area is 83.3 Å². The highest BCUT2D eigenvalue weighted by atomic mass is 32.1. The van der Waals surface area contributed by atoms with E-state index < -0.39 is 0 Å². The molecule has 0 amide bonds. The Hall–Kier alpha value is -0.700. The van der Waals surface area contributed by atoms with Crippen molar-refractivity contribution in [1.82, 2.24) is 0 Å². The number of ether oxygens (including phenoxy) is 1. The van der Waals surface area contributed by atoms with Crippen LogP contribution in [0.2, 0.25) is 0 Å².